The fourth-order valence-corrected chi connectivity index (χ4v) is 4.21. The molecule has 1 aliphatic carbocycles. The van der Waals surface area contributed by atoms with Crippen LogP contribution in [-0.2, 0) is 6.42 Å². The molecule has 1 fully saturated rings. The minimum absolute atomic E-state index is 0.180. The molecule has 1 saturated carbocycles. The lowest BCUT2D eigenvalue weighted by Gasteiger charge is -2.34. The van der Waals surface area contributed by atoms with E-state index in [1.807, 2.05) is 24.4 Å². The zero-order valence-corrected chi connectivity index (χ0v) is 16.4. The second kappa shape index (κ2) is 7.80. The van der Waals surface area contributed by atoms with Crippen molar-refractivity contribution in [3.05, 3.63) is 53.9 Å². The highest BCUT2D eigenvalue weighted by Gasteiger charge is 2.29. The van der Waals surface area contributed by atoms with Crippen molar-refractivity contribution >= 4 is 16.8 Å². The number of amides is 1. The average Bonchev–Trinajstić information content (AvgIpc) is 3.33. The number of rotatable bonds is 5. The fraction of sp³-hybridized carbons (Fsp3) is 0.455. The molecule has 6 nitrogen and oxygen atoms in total. The minimum Gasteiger partial charge on any atom is -0.446 e. The van der Waals surface area contributed by atoms with Crippen LogP contribution in [0.3, 0.4) is 0 Å². The van der Waals surface area contributed by atoms with Crippen molar-refractivity contribution in [2.45, 2.75) is 51.6 Å². The number of carbonyl (C=O) groups is 1. The number of oxazole rings is 1. The summed E-state index contributed by atoms with van der Waals surface area (Å²) in [7, 11) is 0. The maximum absolute atomic E-state index is 12.6. The average molecular weight is 380 g/mol. The molecule has 1 aliphatic rings. The lowest BCUT2D eigenvalue weighted by molar-refractivity contribution is 0.0886. The molecule has 0 saturated heterocycles. The summed E-state index contributed by atoms with van der Waals surface area (Å²) in [5.74, 6) is 1.30. The highest BCUT2D eigenvalue weighted by Crippen LogP contribution is 2.29. The number of fused-ring (bicyclic) bond motifs is 1. The Morgan fingerprint density at radius 3 is 3.04 bits per heavy atom. The van der Waals surface area contributed by atoms with Gasteiger partial charge in [0.15, 0.2) is 5.69 Å². The van der Waals surface area contributed by atoms with Crippen LogP contribution >= 0.6 is 0 Å². The van der Waals surface area contributed by atoms with Crippen LogP contribution in [0.4, 0.5) is 0 Å². The number of nitrogens with one attached hydrogen (secondary N) is 2. The quantitative estimate of drug-likeness (QED) is 0.624. The van der Waals surface area contributed by atoms with Crippen LogP contribution in [0.1, 0.15) is 61.1 Å². The first kappa shape index (κ1) is 18.7. The van der Waals surface area contributed by atoms with Crippen molar-refractivity contribution in [2.75, 3.05) is 0 Å². The summed E-state index contributed by atoms with van der Waals surface area (Å²) >= 11 is 0. The molecule has 1 aromatic carbocycles. The van der Waals surface area contributed by atoms with Crippen molar-refractivity contribution in [1.29, 1.82) is 0 Å². The van der Waals surface area contributed by atoms with Crippen LogP contribution in [0.25, 0.3) is 10.9 Å². The molecule has 1 amide bonds. The van der Waals surface area contributed by atoms with E-state index in [1.54, 1.807) is 0 Å². The SMILES string of the molecule is CC1CCCC(NC(=O)c2coc(C(N)Cc3c[nH]c4ccccc34)n2)C1C. The van der Waals surface area contributed by atoms with Gasteiger partial charge in [0.25, 0.3) is 5.91 Å². The third-order valence-corrected chi connectivity index (χ3v) is 6.21. The van der Waals surface area contributed by atoms with Crippen LogP contribution in [0.5, 0.6) is 0 Å². The van der Waals surface area contributed by atoms with Crippen LogP contribution in [0.15, 0.2) is 41.1 Å². The standard InChI is InChI=1S/C22H28N4O2/c1-13-6-5-9-18(14(13)2)25-21(27)20-12-28-22(26-20)17(23)10-15-11-24-19-8-4-3-7-16(15)19/h3-4,7-8,11-14,17-18,24H,5-6,9-10,23H2,1-2H3,(H,25,27). The molecule has 4 atom stereocenters. The Labute approximate surface area is 164 Å². The predicted molar refractivity (Wildman–Crippen MR) is 109 cm³/mol. The molecule has 28 heavy (non-hydrogen) atoms. The number of benzene rings is 1. The third kappa shape index (κ3) is 3.69. The van der Waals surface area contributed by atoms with Gasteiger partial charge in [0.05, 0.1) is 6.04 Å². The van der Waals surface area contributed by atoms with E-state index in [0.29, 0.717) is 29.8 Å². The molecule has 0 bridgehead atoms. The number of H-pyrrole nitrogens is 1. The summed E-state index contributed by atoms with van der Waals surface area (Å²) in [4.78, 5) is 20.2. The maximum Gasteiger partial charge on any atom is 0.273 e. The van der Waals surface area contributed by atoms with Crippen LogP contribution in [0, 0.1) is 11.8 Å². The van der Waals surface area contributed by atoms with E-state index in [-0.39, 0.29) is 11.9 Å². The Kier molecular flexibility index (Phi) is 5.22. The predicted octanol–water partition coefficient (Wildman–Crippen LogP) is 3.95. The van der Waals surface area contributed by atoms with Gasteiger partial charge < -0.3 is 20.5 Å². The molecule has 2 heterocycles. The van der Waals surface area contributed by atoms with E-state index < -0.39 is 6.04 Å². The highest BCUT2D eigenvalue weighted by atomic mass is 16.3. The van der Waals surface area contributed by atoms with Crippen molar-refractivity contribution in [3.8, 4) is 0 Å². The van der Waals surface area contributed by atoms with E-state index in [4.69, 9.17) is 10.2 Å². The maximum atomic E-state index is 12.6. The van der Waals surface area contributed by atoms with E-state index in [1.165, 1.54) is 12.7 Å². The van der Waals surface area contributed by atoms with Crippen molar-refractivity contribution < 1.29 is 9.21 Å². The lowest BCUT2D eigenvalue weighted by Crippen LogP contribution is -2.43. The van der Waals surface area contributed by atoms with Crippen molar-refractivity contribution in [1.82, 2.24) is 15.3 Å². The van der Waals surface area contributed by atoms with Gasteiger partial charge in [-0.25, -0.2) is 4.98 Å². The number of nitrogens with two attached hydrogens (primary N) is 1. The topological polar surface area (TPSA) is 96.9 Å². The monoisotopic (exact) mass is 380 g/mol. The summed E-state index contributed by atoms with van der Waals surface area (Å²) in [6.45, 7) is 4.46. The van der Waals surface area contributed by atoms with Gasteiger partial charge in [-0.3, -0.25) is 4.79 Å². The van der Waals surface area contributed by atoms with E-state index >= 15 is 0 Å². The first-order valence-corrected chi connectivity index (χ1v) is 10.1. The number of nitrogens with zero attached hydrogens (tertiary/aromatic N) is 1. The molecular formula is C22H28N4O2. The number of hydrogen-bond donors (Lipinski definition) is 3. The van der Waals surface area contributed by atoms with Gasteiger partial charge in [-0.15, -0.1) is 0 Å². The normalized spacial score (nSPS) is 23.6. The fourth-order valence-electron chi connectivity index (χ4n) is 4.21. The largest absolute Gasteiger partial charge is 0.446 e. The van der Waals surface area contributed by atoms with Gasteiger partial charge in [-0.05, 0) is 36.3 Å². The molecule has 2 aromatic heterocycles. The van der Waals surface area contributed by atoms with Gasteiger partial charge in [0, 0.05) is 23.1 Å². The van der Waals surface area contributed by atoms with Gasteiger partial charge in [0.1, 0.15) is 6.26 Å². The molecule has 148 valence electrons. The summed E-state index contributed by atoms with van der Waals surface area (Å²) in [5, 5.41) is 4.27. The number of aromatic nitrogens is 2. The molecule has 0 radical (unpaired) electrons. The summed E-state index contributed by atoms with van der Waals surface area (Å²) in [5.41, 5.74) is 8.80. The Morgan fingerprint density at radius 1 is 1.36 bits per heavy atom. The van der Waals surface area contributed by atoms with Gasteiger partial charge in [0.2, 0.25) is 5.89 Å². The number of hydrogen-bond acceptors (Lipinski definition) is 4. The van der Waals surface area contributed by atoms with Crippen molar-refractivity contribution in [2.24, 2.45) is 17.6 Å². The Bertz CT molecular complexity index is 960. The highest BCUT2D eigenvalue weighted by molar-refractivity contribution is 5.92. The molecular weight excluding hydrogens is 352 g/mol. The first-order chi connectivity index (χ1) is 13.5. The van der Waals surface area contributed by atoms with Crippen LogP contribution in [0.2, 0.25) is 0 Å². The van der Waals surface area contributed by atoms with Crippen LogP contribution in [-0.4, -0.2) is 21.9 Å². The molecule has 4 rings (SSSR count). The number of para-hydroxylation sites is 1. The molecule has 4 N–H and O–H groups in total. The summed E-state index contributed by atoms with van der Waals surface area (Å²) in [6.07, 6.45) is 7.36. The molecule has 4 unspecified atom stereocenters. The van der Waals surface area contributed by atoms with Gasteiger partial charge in [-0.1, -0.05) is 44.9 Å². The minimum atomic E-state index is -0.408. The molecule has 6 heteroatoms. The molecule has 3 aromatic rings. The van der Waals surface area contributed by atoms with Gasteiger partial charge >= 0.3 is 0 Å². The second-order valence-electron chi connectivity index (χ2n) is 8.09. The smallest absolute Gasteiger partial charge is 0.273 e. The molecule has 0 spiro atoms. The Balaban J connectivity index is 1.42. The molecule has 0 aliphatic heterocycles. The zero-order valence-electron chi connectivity index (χ0n) is 16.4. The van der Waals surface area contributed by atoms with Crippen molar-refractivity contribution in [3.63, 3.8) is 0 Å². The second-order valence-corrected chi connectivity index (χ2v) is 8.09. The zero-order chi connectivity index (χ0) is 19.7. The summed E-state index contributed by atoms with van der Waals surface area (Å²) in [6, 6.07) is 7.88. The Hall–Kier alpha value is -2.60. The van der Waals surface area contributed by atoms with E-state index in [2.05, 4.69) is 35.2 Å². The number of aromatic amines is 1. The van der Waals surface area contributed by atoms with E-state index in [0.717, 1.165) is 29.3 Å². The number of carbonyl (C=O) groups excluding carboxylic acids is 1. The Morgan fingerprint density at radius 2 is 2.18 bits per heavy atom. The van der Waals surface area contributed by atoms with E-state index in [9.17, 15) is 4.79 Å². The van der Waals surface area contributed by atoms with Crippen LogP contribution < -0.4 is 11.1 Å². The first-order valence-electron chi connectivity index (χ1n) is 10.1. The lowest BCUT2D eigenvalue weighted by atomic mass is 9.78. The third-order valence-electron chi connectivity index (χ3n) is 6.21. The summed E-state index contributed by atoms with van der Waals surface area (Å²) < 4.78 is 5.54. The van der Waals surface area contributed by atoms with Gasteiger partial charge in [-0.2, -0.15) is 0 Å².